The van der Waals surface area contributed by atoms with Crippen LogP contribution in [0.1, 0.15) is 49.9 Å². The molecule has 0 bridgehead atoms. The number of hydrogen-bond acceptors (Lipinski definition) is 4. The van der Waals surface area contributed by atoms with E-state index in [4.69, 9.17) is 5.11 Å². The van der Waals surface area contributed by atoms with Crippen molar-refractivity contribution >= 4 is 21.7 Å². The second-order valence-electron chi connectivity index (χ2n) is 6.51. The molecule has 0 saturated heterocycles. The smallest absolute Gasteiger partial charge is 0.326 e. The second-order valence-corrected chi connectivity index (χ2v) is 8.74. The first kappa shape index (κ1) is 18.4. The number of carbonyl (C=O) groups excluding carboxylic acids is 1. The van der Waals surface area contributed by atoms with Gasteiger partial charge in [0.1, 0.15) is 6.04 Å². The molecule has 24 heavy (non-hydrogen) atoms. The first-order chi connectivity index (χ1) is 11.2. The molecule has 1 aromatic carbocycles. The summed E-state index contributed by atoms with van der Waals surface area (Å²) in [5.41, 5.74) is 0.243. The molecule has 0 radical (unpaired) electrons. The van der Waals surface area contributed by atoms with Crippen molar-refractivity contribution in [2.45, 2.75) is 55.7 Å². The fourth-order valence-corrected chi connectivity index (χ4v) is 4.78. The largest absolute Gasteiger partial charge is 0.480 e. The number of hydrogen-bond donors (Lipinski definition) is 2. The number of amides is 1. The van der Waals surface area contributed by atoms with E-state index in [9.17, 15) is 18.0 Å². The fraction of sp³-hybridized carbons (Fsp3) is 0.529. The van der Waals surface area contributed by atoms with Gasteiger partial charge in [0, 0.05) is 5.56 Å². The van der Waals surface area contributed by atoms with Crippen molar-refractivity contribution in [2.24, 2.45) is 5.92 Å². The predicted octanol–water partition coefficient (Wildman–Crippen LogP) is 2.24. The highest BCUT2D eigenvalue weighted by molar-refractivity contribution is 7.92. The Morgan fingerprint density at radius 1 is 1.12 bits per heavy atom. The van der Waals surface area contributed by atoms with Gasteiger partial charge < -0.3 is 10.4 Å². The number of nitrogens with one attached hydrogen (secondary N) is 1. The highest BCUT2D eigenvalue weighted by Crippen LogP contribution is 2.29. The summed E-state index contributed by atoms with van der Waals surface area (Å²) in [6.45, 7) is 3.41. The summed E-state index contributed by atoms with van der Waals surface area (Å²) in [4.78, 5) is 23.5. The normalized spacial score (nSPS) is 17.0. The van der Waals surface area contributed by atoms with Gasteiger partial charge in [-0.3, -0.25) is 4.79 Å². The molecule has 0 unspecified atom stereocenters. The fourth-order valence-electron chi connectivity index (χ4n) is 2.93. The summed E-state index contributed by atoms with van der Waals surface area (Å²) in [6.07, 6.45) is 3.21. The number of aliphatic carboxylic acids is 1. The summed E-state index contributed by atoms with van der Waals surface area (Å²) in [5.74, 6) is -1.88. The van der Waals surface area contributed by atoms with E-state index < -0.39 is 27.8 Å². The number of carboxylic acids is 1. The van der Waals surface area contributed by atoms with Gasteiger partial charge >= 0.3 is 5.97 Å². The maximum atomic E-state index is 12.5. The second kappa shape index (κ2) is 7.34. The van der Waals surface area contributed by atoms with Gasteiger partial charge in [-0.15, -0.1) is 0 Å². The Hall–Kier alpha value is -1.89. The third-order valence-electron chi connectivity index (χ3n) is 4.41. The van der Waals surface area contributed by atoms with Crippen molar-refractivity contribution in [3.05, 3.63) is 29.8 Å². The zero-order valence-electron chi connectivity index (χ0n) is 13.9. The van der Waals surface area contributed by atoms with Crippen molar-refractivity contribution in [1.29, 1.82) is 0 Å². The maximum Gasteiger partial charge on any atom is 0.326 e. The lowest BCUT2D eigenvalue weighted by Crippen LogP contribution is -2.44. The van der Waals surface area contributed by atoms with E-state index in [0.29, 0.717) is 12.8 Å². The maximum absolute atomic E-state index is 12.5. The minimum absolute atomic E-state index is 0.213. The van der Waals surface area contributed by atoms with Gasteiger partial charge in [0.15, 0.2) is 9.84 Å². The molecular weight excluding hydrogens is 330 g/mol. The Labute approximate surface area is 142 Å². The lowest BCUT2D eigenvalue weighted by Gasteiger charge is -2.18. The van der Waals surface area contributed by atoms with E-state index in [1.54, 1.807) is 13.8 Å². The lowest BCUT2D eigenvalue weighted by molar-refractivity contribution is -0.140. The molecule has 6 nitrogen and oxygen atoms in total. The molecule has 1 aliphatic rings. The van der Waals surface area contributed by atoms with Crippen LogP contribution in [0.3, 0.4) is 0 Å². The molecule has 1 amide bonds. The van der Waals surface area contributed by atoms with Crippen LogP contribution < -0.4 is 5.32 Å². The molecule has 0 aromatic heterocycles. The van der Waals surface area contributed by atoms with E-state index in [2.05, 4.69) is 5.32 Å². The van der Waals surface area contributed by atoms with Gasteiger partial charge in [-0.1, -0.05) is 26.7 Å². The molecular formula is C17H23NO5S. The van der Waals surface area contributed by atoms with E-state index >= 15 is 0 Å². The third kappa shape index (κ3) is 3.95. The Morgan fingerprint density at radius 3 is 2.12 bits per heavy atom. The summed E-state index contributed by atoms with van der Waals surface area (Å²) in [6, 6.07) is 4.72. The van der Waals surface area contributed by atoms with Gasteiger partial charge in [0.2, 0.25) is 0 Å². The number of rotatable bonds is 6. The Morgan fingerprint density at radius 2 is 1.67 bits per heavy atom. The summed E-state index contributed by atoms with van der Waals surface area (Å²) in [5, 5.41) is 11.2. The van der Waals surface area contributed by atoms with Crippen molar-refractivity contribution in [3.63, 3.8) is 0 Å². The topological polar surface area (TPSA) is 101 Å². The van der Waals surface area contributed by atoms with Crippen LogP contribution in [-0.2, 0) is 14.6 Å². The van der Waals surface area contributed by atoms with E-state index in [0.717, 1.165) is 12.8 Å². The van der Waals surface area contributed by atoms with Gasteiger partial charge in [0.25, 0.3) is 5.91 Å². The SMILES string of the molecule is CC(C)[C@@H](NC(=O)c1ccc(S(=O)(=O)C2CCCC2)cc1)C(=O)O. The number of carbonyl (C=O) groups is 2. The Balaban J connectivity index is 2.14. The van der Waals surface area contributed by atoms with Crippen LogP contribution in [0.5, 0.6) is 0 Å². The Kier molecular flexibility index (Phi) is 5.64. The van der Waals surface area contributed by atoms with Gasteiger partial charge in [-0.2, -0.15) is 0 Å². The monoisotopic (exact) mass is 353 g/mol. The predicted molar refractivity (Wildman–Crippen MR) is 89.6 cm³/mol. The molecule has 1 aromatic rings. The zero-order chi connectivity index (χ0) is 17.9. The van der Waals surface area contributed by atoms with Crippen LogP contribution in [-0.4, -0.2) is 36.7 Å². The molecule has 0 heterocycles. The van der Waals surface area contributed by atoms with E-state index in [-0.39, 0.29) is 21.6 Å². The minimum Gasteiger partial charge on any atom is -0.480 e. The van der Waals surface area contributed by atoms with Crippen LogP contribution in [0.25, 0.3) is 0 Å². The molecule has 7 heteroatoms. The first-order valence-corrected chi connectivity index (χ1v) is 9.65. The first-order valence-electron chi connectivity index (χ1n) is 8.11. The van der Waals surface area contributed by atoms with Crippen LogP contribution >= 0.6 is 0 Å². The molecule has 1 atom stereocenters. The summed E-state index contributed by atoms with van der Waals surface area (Å²) < 4.78 is 25.0. The molecule has 1 aliphatic carbocycles. The van der Waals surface area contributed by atoms with Gasteiger partial charge in [0.05, 0.1) is 10.1 Å². The van der Waals surface area contributed by atoms with Crippen molar-refractivity contribution < 1.29 is 23.1 Å². The van der Waals surface area contributed by atoms with Crippen molar-refractivity contribution in [2.75, 3.05) is 0 Å². The third-order valence-corrected chi connectivity index (χ3v) is 6.68. The van der Waals surface area contributed by atoms with Crippen molar-refractivity contribution in [3.8, 4) is 0 Å². The Bertz CT molecular complexity index is 703. The van der Waals surface area contributed by atoms with Crippen LogP contribution in [0.2, 0.25) is 0 Å². The van der Waals surface area contributed by atoms with Gasteiger partial charge in [-0.05, 0) is 43.0 Å². The molecule has 1 saturated carbocycles. The summed E-state index contributed by atoms with van der Waals surface area (Å²) >= 11 is 0. The van der Waals surface area contributed by atoms with E-state index in [1.165, 1.54) is 24.3 Å². The standard InChI is InChI=1S/C17H23NO5S/c1-11(2)15(17(20)21)18-16(19)12-7-9-14(10-8-12)24(22,23)13-5-3-4-6-13/h7-11,13,15H,3-6H2,1-2H3,(H,18,19)(H,20,21)/t15-/m1/s1. The number of carboxylic acid groups (broad SMARTS) is 1. The molecule has 2 N–H and O–H groups in total. The molecule has 2 rings (SSSR count). The highest BCUT2D eigenvalue weighted by Gasteiger charge is 2.30. The summed E-state index contributed by atoms with van der Waals surface area (Å²) in [7, 11) is -3.36. The average Bonchev–Trinajstić information content (AvgIpc) is 3.07. The minimum atomic E-state index is -3.36. The van der Waals surface area contributed by atoms with Gasteiger partial charge in [-0.25, -0.2) is 13.2 Å². The van der Waals surface area contributed by atoms with Crippen LogP contribution in [0.15, 0.2) is 29.2 Å². The average molecular weight is 353 g/mol. The van der Waals surface area contributed by atoms with Crippen LogP contribution in [0, 0.1) is 5.92 Å². The van der Waals surface area contributed by atoms with Crippen molar-refractivity contribution in [1.82, 2.24) is 5.32 Å². The highest BCUT2D eigenvalue weighted by atomic mass is 32.2. The molecule has 0 aliphatic heterocycles. The van der Waals surface area contributed by atoms with Crippen LogP contribution in [0.4, 0.5) is 0 Å². The molecule has 1 fully saturated rings. The molecule has 0 spiro atoms. The lowest BCUT2D eigenvalue weighted by atomic mass is 10.0. The number of benzene rings is 1. The quantitative estimate of drug-likeness (QED) is 0.817. The van der Waals surface area contributed by atoms with E-state index in [1.807, 2.05) is 0 Å². The number of sulfone groups is 1. The molecule has 132 valence electrons. The zero-order valence-corrected chi connectivity index (χ0v) is 14.7.